The third-order valence-corrected chi connectivity index (χ3v) is 7.28. The number of amides is 1. The van der Waals surface area contributed by atoms with Crippen molar-refractivity contribution in [2.45, 2.75) is 19.0 Å². The largest absolute Gasteiger partial charge is 0.495 e. The molecule has 2 N–H and O–H groups in total. The maximum atomic E-state index is 11.9. The summed E-state index contributed by atoms with van der Waals surface area (Å²) in [6, 6.07) is 30.1. The number of ether oxygens (including phenoxy) is 1. The second kappa shape index (κ2) is 10.2. The molecule has 0 radical (unpaired) electrons. The normalized spacial score (nSPS) is 16.8. The van der Waals surface area contributed by atoms with Crippen LogP contribution in [-0.2, 0) is 4.79 Å². The SMILES string of the molecule is COc1ccc(N2C(=S)NC(c3ccccn3)C2c2cccn2-c2ccc3ccccc3c2)cc1NC(C)=O. The molecule has 1 fully saturated rings. The van der Waals surface area contributed by atoms with Gasteiger partial charge in [0.1, 0.15) is 11.8 Å². The summed E-state index contributed by atoms with van der Waals surface area (Å²) < 4.78 is 7.70. The molecule has 2 unspecified atom stereocenters. The summed E-state index contributed by atoms with van der Waals surface area (Å²) in [4.78, 5) is 18.7. The van der Waals surface area contributed by atoms with Gasteiger partial charge in [0.2, 0.25) is 5.91 Å². The van der Waals surface area contributed by atoms with E-state index < -0.39 is 0 Å². The Morgan fingerprint density at radius 2 is 1.74 bits per heavy atom. The van der Waals surface area contributed by atoms with Crippen LogP contribution in [-0.4, -0.2) is 27.7 Å². The fraction of sp³-hybridized carbons (Fsp3) is 0.129. The van der Waals surface area contributed by atoms with E-state index in [-0.39, 0.29) is 18.0 Å². The Bertz CT molecular complexity index is 1680. The van der Waals surface area contributed by atoms with Gasteiger partial charge in [0.05, 0.1) is 24.5 Å². The van der Waals surface area contributed by atoms with Crippen LogP contribution >= 0.6 is 12.2 Å². The number of pyridine rings is 1. The van der Waals surface area contributed by atoms with Gasteiger partial charge in [0, 0.05) is 36.4 Å². The van der Waals surface area contributed by atoms with Gasteiger partial charge in [-0.05, 0) is 77.6 Å². The molecule has 3 heterocycles. The van der Waals surface area contributed by atoms with E-state index in [1.165, 1.54) is 17.7 Å². The fourth-order valence-corrected chi connectivity index (χ4v) is 5.61. The molecule has 1 aliphatic rings. The van der Waals surface area contributed by atoms with E-state index in [1.54, 1.807) is 13.3 Å². The Morgan fingerprint density at radius 1 is 0.949 bits per heavy atom. The average Bonchev–Trinajstić information content (AvgIpc) is 3.57. The maximum absolute atomic E-state index is 11.9. The van der Waals surface area contributed by atoms with Gasteiger partial charge >= 0.3 is 0 Å². The van der Waals surface area contributed by atoms with Crippen molar-refractivity contribution in [3.8, 4) is 11.4 Å². The molecule has 8 heteroatoms. The highest BCUT2D eigenvalue weighted by Gasteiger charge is 2.42. The third-order valence-electron chi connectivity index (χ3n) is 6.96. The number of nitrogens with one attached hydrogen (secondary N) is 2. The number of methoxy groups -OCH3 is 1. The van der Waals surface area contributed by atoms with Gasteiger partial charge in [-0.2, -0.15) is 0 Å². The number of anilines is 2. The van der Waals surface area contributed by atoms with Crippen LogP contribution in [0, 0.1) is 0 Å². The first-order chi connectivity index (χ1) is 19.0. The summed E-state index contributed by atoms with van der Waals surface area (Å²) in [6.07, 6.45) is 3.87. The monoisotopic (exact) mass is 533 g/mol. The molecule has 39 heavy (non-hydrogen) atoms. The smallest absolute Gasteiger partial charge is 0.221 e. The molecule has 194 valence electrons. The molecule has 0 aliphatic carbocycles. The highest BCUT2D eigenvalue weighted by Crippen LogP contribution is 2.44. The molecule has 1 amide bonds. The Morgan fingerprint density at radius 3 is 2.51 bits per heavy atom. The van der Waals surface area contributed by atoms with Crippen LogP contribution in [0.1, 0.15) is 30.4 Å². The zero-order valence-corrected chi connectivity index (χ0v) is 22.4. The molecule has 0 spiro atoms. The predicted molar refractivity (Wildman–Crippen MR) is 159 cm³/mol. The summed E-state index contributed by atoms with van der Waals surface area (Å²) >= 11 is 5.93. The topological polar surface area (TPSA) is 71.4 Å². The van der Waals surface area contributed by atoms with Crippen LogP contribution in [0.4, 0.5) is 11.4 Å². The number of fused-ring (bicyclic) bond motifs is 1. The first kappa shape index (κ1) is 24.6. The second-order valence-electron chi connectivity index (χ2n) is 9.40. The summed E-state index contributed by atoms with van der Waals surface area (Å²) in [5.74, 6) is 0.394. The van der Waals surface area contributed by atoms with Crippen molar-refractivity contribution in [2.24, 2.45) is 0 Å². The van der Waals surface area contributed by atoms with E-state index in [2.05, 4.69) is 79.8 Å². The first-order valence-electron chi connectivity index (χ1n) is 12.7. The Hall–Kier alpha value is -4.69. The summed E-state index contributed by atoms with van der Waals surface area (Å²) in [6.45, 7) is 1.48. The molecule has 1 saturated heterocycles. The van der Waals surface area contributed by atoms with Crippen LogP contribution in [0.5, 0.6) is 5.75 Å². The van der Waals surface area contributed by atoms with Gasteiger partial charge in [0.15, 0.2) is 5.11 Å². The predicted octanol–water partition coefficient (Wildman–Crippen LogP) is 6.17. The Labute approximate surface area is 232 Å². The number of rotatable bonds is 6. The van der Waals surface area contributed by atoms with Crippen LogP contribution in [0.3, 0.4) is 0 Å². The molecule has 5 aromatic rings. The molecular weight excluding hydrogens is 506 g/mol. The van der Waals surface area contributed by atoms with Crippen molar-refractivity contribution < 1.29 is 9.53 Å². The quantitative estimate of drug-likeness (QED) is 0.255. The van der Waals surface area contributed by atoms with E-state index in [9.17, 15) is 4.79 Å². The first-order valence-corrected chi connectivity index (χ1v) is 13.1. The van der Waals surface area contributed by atoms with E-state index >= 15 is 0 Å². The van der Waals surface area contributed by atoms with Crippen molar-refractivity contribution in [1.82, 2.24) is 14.9 Å². The number of aromatic nitrogens is 2. The number of thiocarbonyl (C=S) groups is 1. The zero-order chi connectivity index (χ0) is 26.9. The zero-order valence-electron chi connectivity index (χ0n) is 21.5. The van der Waals surface area contributed by atoms with Gasteiger partial charge < -0.3 is 24.8 Å². The molecular formula is C31H27N5O2S. The minimum atomic E-state index is -0.229. The molecule has 7 nitrogen and oxygen atoms in total. The number of hydrogen-bond donors (Lipinski definition) is 2. The molecule has 0 saturated carbocycles. The standard InChI is InChI=1S/C31H27N5O2S/c1-20(37)33-26-19-24(14-15-28(26)38-2)36-30(29(34-31(36)39)25-10-5-6-16-32-25)27-11-7-17-35(27)23-13-12-21-8-3-4-9-22(21)18-23/h3-19,29-30H,1-2H3,(H,33,37)(H,34,39). The molecule has 6 rings (SSSR count). The number of hydrogen-bond acceptors (Lipinski definition) is 4. The molecule has 2 atom stereocenters. The van der Waals surface area contributed by atoms with E-state index in [0.29, 0.717) is 16.5 Å². The molecule has 0 bridgehead atoms. The van der Waals surface area contributed by atoms with E-state index in [4.69, 9.17) is 17.0 Å². The molecule has 1 aliphatic heterocycles. The highest BCUT2D eigenvalue weighted by atomic mass is 32.1. The minimum Gasteiger partial charge on any atom is -0.495 e. The van der Waals surface area contributed by atoms with Crippen LogP contribution in [0.2, 0.25) is 0 Å². The van der Waals surface area contributed by atoms with Crippen molar-refractivity contribution in [3.63, 3.8) is 0 Å². The van der Waals surface area contributed by atoms with Gasteiger partial charge in [-0.1, -0.05) is 36.4 Å². The van der Waals surface area contributed by atoms with Gasteiger partial charge in [-0.25, -0.2) is 0 Å². The summed E-state index contributed by atoms with van der Waals surface area (Å²) in [5, 5.41) is 9.32. The van der Waals surface area contributed by atoms with Gasteiger partial charge in [-0.15, -0.1) is 0 Å². The summed E-state index contributed by atoms with van der Waals surface area (Å²) in [7, 11) is 1.58. The Balaban J connectivity index is 1.50. The lowest BCUT2D eigenvalue weighted by Gasteiger charge is -2.29. The number of carbonyl (C=O) groups is 1. The van der Waals surface area contributed by atoms with Crippen molar-refractivity contribution in [1.29, 1.82) is 0 Å². The van der Waals surface area contributed by atoms with Gasteiger partial charge in [-0.3, -0.25) is 9.78 Å². The average molecular weight is 534 g/mol. The van der Waals surface area contributed by atoms with Crippen molar-refractivity contribution in [3.05, 3.63) is 115 Å². The van der Waals surface area contributed by atoms with Crippen LogP contribution in [0.15, 0.2) is 103 Å². The lowest BCUT2D eigenvalue weighted by atomic mass is 10.0. The van der Waals surface area contributed by atoms with Gasteiger partial charge in [0.25, 0.3) is 0 Å². The van der Waals surface area contributed by atoms with Crippen molar-refractivity contribution >= 4 is 45.4 Å². The van der Waals surface area contributed by atoms with Crippen LogP contribution < -0.4 is 20.3 Å². The van der Waals surface area contributed by atoms with E-state index in [0.717, 1.165) is 22.8 Å². The minimum absolute atomic E-state index is 0.180. The lowest BCUT2D eigenvalue weighted by molar-refractivity contribution is -0.114. The molecule has 2 aromatic heterocycles. The number of nitrogens with zero attached hydrogens (tertiary/aromatic N) is 3. The second-order valence-corrected chi connectivity index (χ2v) is 9.78. The number of carbonyl (C=O) groups excluding carboxylic acids is 1. The third kappa shape index (κ3) is 4.59. The Kier molecular flexibility index (Phi) is 6.46. The lowest BCUT2D eigenvalue weighted by Crippen LogP contribution is -2.30. The van der Waals surface area contributed by atoms with E-state index in [1.807, 2.05) is 42.5 Å². The highest BCUT2D eigenvalue weighted by molar-refractivity contribution is 7.80. The number of benzene rings is 3. The maximum Gasteiger partial charge on any atom is 0.221 e. The fourth-order valence-electron chi connectivity index (χ4n) is 5.26. The molecule has 3 aromatic carbocycles. The summed E-state index contributed by atoms with van der Waals surface area (Å²) in [5.41, 5.74) is 4.39. The van der Waals surface area contributed by atoms with Crippen molar-refractivity contribution in [2.75, 3.05) is 17.3 Å². The van der Waals surface area contributed by atoms with Crippen LogP contribution in [0.25, 0.3) is 16.5 Å².